The van der Waals surface area contributed by atoms with Crippen molar-refractivity contribution in [3.63, 3.8) is 0 Å². The van der Waals surface area contributed by atoms with Gasteiger partial charge in [-0.3, -0.25) is 9.59 Å². The maximum absolute atomic E-state index is 12.8. The lowest BCUT2D eigenvalue weighted by atomic mass is 9.99. The van der Waals surface area contributed by atoms with Crippen LogP contribution in [0.15, 0.2) is 18.2 Å². The predicted molar refractivity (Wildman–Crippen MR) is 111 cm³/mol. The van der Waals surface area contributed by atoms with Gasteiger partial charge in [-0.2, -0.15) is 8.78 Å². The first-order chi connectivity index (χ1) is 14.7. The summed E-state index contributed by atoms with van der Waals surface area (Å²) in [6.07, 6.45) is 2.37. The topological polar surface area (TPSA) is 79.3 Å². The molecule has 2 fully saturated rings. The Morgan fingerprint density at radius 2 is 1.94 bits per heavy atom. The number of amides is 1. The number of carbonyl (C=O) groups is 2. The summed E-state index contributed by atoms with van der Waals surface area (Å²) in [5, 5.41) is 8.99. The molecule has 3 rings (SSSR count). The van der Waals surface area contributed by atoms with Gasteiger partial charge in [-0.1, -0.05) is 13.8 Å². The molecule has 0 bridgehead atoms. The fourth-order valence-corrected chi connectivity index (χ4v) is 3.89. The number of nitrogens with zero attached hydrogens (tertiary/aromatic N) is 2. The summed E-state index contributed by atoms with van der Waals surface area (Å²) < 4.78 is 35.9. The number of benzene rings is 1. The quantitative estimate of drug-likeness (QED) is 0.560. The van der Waals surface area contributed by atoms with E-state index in [4.69, 9.17) is 9.84 Å². The normalized spacial score (nSPS) is 19.1. The molecule has 1 heterocycles. The third-order valence-corrected chi connectivity index (χ3v) is 5.53. The Balaban J connectivity index is 1.76. The van der Waals surface area contributed by atoms with Crippen LogP contribution in [0.5, 0.6) is 11.5 Å². The van der Waals surface area contributed by atoms with Crippen LogP contribution in [0, 0.1) is 11.8 Å². The Hall–Kier alpha value is -2.58. The molecule has 1 amide bonds. The van der Waals surface area contributed by atoms with E-state index >= 15 is 0 Å². The summed E-state index contributed by atoms with van der Waals surface area (Å²) in [6, 6.07) is 4.78. The number of carbonyl (C=O) groups excluding carboxylic acids is 1. The van der Waals surface area contributed by atoms with Crippen molar-refractivity contribution in [2.24, 2.45) is 11.8 Å². The number of ether oxygens (including phenoxy) is 2. The molecule has 1 aliphatic heterocycles. The Morgan fingerprint density at radius 3 is 2.55 bits per heavy atom. The van der Waals surface area contributed by atoms with Gasteiger partial charge in [0.05, 0.1) is 6.61 Å². The van der Waals surface area contributed by atoms with Gasteiger partial charge in [0.25, 0.3) is 0 Å². The smallest absolute Gasteiger partial charge is 0.387 e. The molecule has 1 aromatic rings. The average molecular weight is 440 g/mol. The largest absolute Gasteiger partial charge is 0.489 e. The van der Waals surface area contributed by atoms with Crippen LogP contribution in [0.25, 0.3) is 0 Å². The number of alkyl halides is 2. The van der Waals surface area contributed by atoms with Gasteiger partial charge in [0.2, 0.25) is 5.91 Å². The Labute approximate surface area is 180 Å². The molecule has 0 spiro atoms. The van der Waals surface area contributed by atoms with Gasteiger partial charge in [0.15, 0.2) is 11.5 Å². The second-order valence-electron chi connectivity index (χ2n) is 8.65. The number of hydrogen-bond donors (Lipinski definition) is 1. The Bertz CT molecular complexity index is 785. The van der Waals surface area contributed by atoms with Gasteiger partial charge in [0.1, 0.15) is 6.42 Å². The summed E-state index contributed by atoms with van der Waals surface area (Å²) in [6.45, 7) is 3.08. The molecule has 1 unspecified atom stereocenters. The molecule has 9 heteroatoms. The highest BCUT2D eigenvalue weighted by Gasteiger charge is 2.32. The third kappa shape index (κ3) is 6.70. The highest BCUT2D eigenvalue weighted by molar-refractivity contribution is 5.93. The lowest BCUT2D eigenvalue weighted by Gasteiger charge is -2.43. The molecule has 1 saturated carbocycles. The van der Waals surface area contributed by atoms with Crippen LogP contribution in [0.1, 0.15) is 39.5 Å². The molecule has 7 nitrogen and oxygen atoms in total. The van der Waals surface area contributed by atoms with Crippen molar-refractivity contribution in [1.82, 2.24) is 4.90 Å². The van der Waals surface area contributed by atoms with E-state index in [1.54, 1.807) is 17.0 Å². The van der Waals surface area contributed by atoms with E-state index < -0.39 is 19.0 Å². The van der Waals surface area contributed by atoms with E-state index in [-0.39, 0.29) is 23.4 Å². The maximum atomic E-state index is 12.8. The van der Waals surface area contributed by atoms with Gasteiger partial charge >= 0.3 is 12.6 Å². The Kier molecular flexibility index (Phi) is 7.56. The van der Waals surface area contributed by atoms with E-state index in [0.717, 1.165) is 24.9 Å². The number of halogens is 2. The number of piperazine rings is 1. The number of rotatable bonds is 10. The van der Waals surface area contributed by atoms with E-state index in [9.17, 15) is 18.4 Å². The summed E-state index contributed by atoms with van der Waals surface area (Å²) in [5.41, 5.74) is 0.798. The molecule has 0 aromatic heterocycles. The van der Waals surface area contributed by atoms with Crippen LogP contribution in [0.4, 0.5) is 14.5 Å². The zero-order valence-electron chi connectivity index (χ0n) is 17.9. The zero-order chi connectivity index (χ0) is 22.5. The molecule has 1 aliphatic carbocycles. The van der Waals surface area contributed by atoms with Gasteiger partial charge in [-0.05, 0) is 43.2 Å². The molecule has 31 heavy (non-hydrogen) atoms. The standard InChI is InChI=1S/C22H30F2N2O5/c1-14(2)9-17-12-25(7-8-26(17)20(27)11-21(28)29)16-5-6-18(31-22(23)24)19(10-16)30-13-15-3-4-15/h5-6,10,14-15,17,22H,3-4,7-9,11-13H2,1-2H3,(H,28,29). The number of carboxylic acid groups (broad SMARTS) is 1. The number of anilines is 1. The van der Waals surface area contributed by atoms with Crippen LogP contribution in [0.3, 0.4) is 0 Å². The summed E-state index contributed by atoms with van der Waals surface area (Å²) >= 11 is 0. The van der Waals surface area contributed by atoms with Crippen LogP contribution in [-0.4, -0.2) is 60.8 Å². The van der Waals surface area contributed by atoms with E-state index in [0.29, 0.717) is 38.1 Å². The first-order valence-corrected chi connectivity index (χ1v) is 10.7. The minimum Gasteiger partial charge on any atom is -0.489 e. The van der Waals surface area contributed by atoms with Crippen LogP contribution in [0.2, 0.25) is 0 Å². The van der Waals surface area contributed by atoms with Crippen LogP contribution >= 0.6 is 0 Å². The van der Waals surface area contributed by atoms with Gasteiger partial charge in [0, 0.05) is 37.4 Å². The molecule has 1 N–H and O–H groups in total. The van der Waals surface area contributed by atoms with Gasteiger partial charge in [-0.25, -0.2) is 0 Å². The molecule has 2 aliphatic rings. The first kappa shape index (κ1) is 23.1. The van der Waals surface area contributed by atoms with Gasteiger partial charge in [-0.15, -0.1) is 0 Å². The van der Waals surface area contributed by atoms with Crippen molar-refractivity contribution in [1.29, 1.82) is 0 Å². The predicted octanol–water partition coefficient (Wildman–Crippen LogP) is 3.61. The Morgan fingerprint density at radius 1 is 1.19 bits per heavy atom. The minimum atomic E-state index is -2.94. The summed E-state index contributed by atoms with van der Waals surface area (Å²) in [4.78, 5) is 27.1. The maximum Gasteiger partial charge on any atom is 0.387 e. The van der Waals surface area contributed by atoms with Crippen molar-refractivity contribution >= 4 is 17.6 Å². The second-order valence-corrected chi connectivity index (χ2v) is 8.65. The molecule has 1 atom stereocenters. The van der Waals surface area contributed by atoms with Crippen molar-refractivity contribution in [2.45, 2.75) is 52.2 Å². The highest BCUT2D eigenvalue weighted by atomic mass is 19.3. The van der Waals surface area contributed by atoms with E-state index in [1.807, 2.05) is 0 Å². The fraction of sp³-hybridized carbons (Fsp3) is 0.636. The van der Waals surface area contributed by atoms with E-state index in [2.05, 4.69) is 23.5 Å². The van der Waals surface area contributed by atoms with Crippen molar-refractivity contribution in [3.8, 4) is 11.5 Å². The van der Waals surface area contributed by atoms with Crippen molar-refractivity contribution in [2.75, 3.05) is 31.1 Å². The fourth-order valence-electron chi connectivity index (χ4n) is 3.89. The van der Waals surface area contributed by atoms with Crippen molar-refractivity contribution < 1.29 is 33.0 Å². The lowest BCUT2D eigenvalue weighted by Crippen LogP contribution is -2.56. The summed E-state index contributed by atoms with van der Waals surface area (Å²) in [7, 11) is 0. The summed E-state index contributed by atoms with van der Waals surface area (Å²) in [5.74, 6) is -0.441. The number of carboxylic acids is 1. The number of hydrogen-bond acceptors (Lipinski definition) is 5. The SMILES string of the molecule is CC(C)CC1CN(c2ccc(OC(F)F)c(OCC3CC3)c2)CCN1C(=O)CC(=O)O. The zero-order valence-corrected chi connectivity index (χ0v) is 17.9. The minimum absolute atomic E-state index is 0.00778. The number of aliphatic carboxylic acids is 1. The van der Waals surface area contributed by atoms with Crippen LogP contribution < -0.4 is 14.4 Å². The van der Waals surface area contributed by atoms with Crippen molar-refractivity contribution in [3.05, 3.63) is 18.2 Å². The first-order valence-electron chi connectivity index (χ1n) is 10.7. The van der Waals surface area contributed by atoms with Gasteiger partial charge < -0.3 is 24.4 Å². The third-order valence-electron chi connectivity index (χ3n) is 5.53. The molecular formula is C22H30F2N2O5. The lowest BCUT2D eigenvalue weighted by molar-refractivity contribution is -0.145. The molecule has 172 valence electrons. The molecule has 0 radical (unpaired) electrons. The van der Waals surface area contributed by atoms with E-state index in [1.165, 1.54) is 6.07 Å². The molecule has 1 aromatic carbocycles. The molecular weight excluding hydrogens is 410 g/mol. The van der Waals surface area contributed by atoms with Crippen LogP contribution in [-0.2, 0) is 9.59 Å². The highest BCUT2D eigenvalue weighted by Crippen LogP contribution is 2.37. The molecule has 1 saturated heterocycles. The average Bonchev–Trinajstić information content (AvgIpc) is 3.50. The monoisotopic (exact) mass is 440 g/mol. The second kappa shape index (κ2) is 10.2.